The molecule has 0 aromatic carbocycles. The minimum atomic E-state index is -2.97. The zero-order chi connectivity index (χ0) is 15.5. The van der Waals surface area contributed by atoms with Crippen molar-refractivity contribution in [3.63, 3.8) is 0 Å². The van der Waals surface area contributed by atoms with Crippen LogP contribution in [0.5, 0.6) is 0 Å². The van der Waals surface area contributed by atoms with Crippen LogP contribution >= 0.6 is 0 Å². The monoisotopic (exact) mass is 295 g/mol. The topological polar surface area (TPSA) is 45.2 Å². The van der Waals surface area contributed by atoms with Crippen LogP contribution < -0.4 is 10.2 Å². The summed E-state index contributed by atoms with van der Waals surface area (Å²) >= 11 is 0. The lowest BCUT2D eigenvalue weighted by molar-refractivity contribution is -0.117. The van der Waals surface area contributed by atoms with E-state index in [2.05, 4.69) is 15.2 Å². The van der Waals surface area contributed by atoms with E-state index in [1.54, 1.807) is 12.4 Å². The molecule has 0 saturated carbocycles. The minimum absolute atomic E-state index is 0.0341. The summed E-state index contributed by atoms with van der Waals surface area (Å²) in [6, 6.07) is 2.00. The fourth-order valence-electron chi connectivity index (χ4n) is 2.30. The molecule has 1 aromatic rings. The summed E-state index contributed by atoms with van der Waals surface area (Å²) in [5, 5.41) is 2.74. The Morgan fingerprint density at radius 3 is 2.95 bits per heavy atom. The molecule has 1 amide bonds. The van der Waals surface area contributed by atoms with Crippen molar-refractivity contribution in [3.05, 3.63) is 36.2 Å². The second-order valence-electron chi connectivity index (χ2n) is 5.45. The Kier molecular flexibility index (Phi) is 4.55. The Morgan fingerprint density at radius 1 is 1.52 bits per heavy atom. The van der Waals surface area contributed by atoms with Crippen molar-refractivity contribution in [2.45, 2.75) is 32.2 Å². The van der Waals surface area contributed by atoms with Gasteiger partial charge in [0.1, 0.15) is 0 Å². The number of rotatable bonds is 4. The van der Waals surface area contributed by atoms with Gasteiger partial charge in [0.25, 0.3) is 5.92 Å². The lowest BCUT2D eigenvalue weighted by Crippen LogP contribution is -2.36. The number of nitrogens with zero attached hydrogens (tertiary/aromatic N) is 2. The van der Waals surface area contributed by atoms with Gasteiger partial charge in [0, 0.05) is 38.3 Å². The van der Waals surface area contributed by atoms with Gasteiger partial charge in [-0.25, -0.2) is 8.78 Å². The Labute approximate surface area is 122 Å². The van der Waals surface area contributed by atoms with Crippen LogP contribution in [0.2, 0.25) is 0 Å². The van der Waals surface area contributed by atoms with Crippen molar-refractivity contribution in [1.29, 1.82) is 0 Å². The largest absolute Gasteiger partial charge is 0.368 e. The minimum Gasteiger partial charge on any atom is -0.368 e. The Hall–Kier alpha value is -1.98. The summed E-state index contributed by atoms with van der Waals surface area (Å²) in [6.45, 7) is 4.19. The SMILES string of the molecule is Cc1cncc(N2CC[C@H](NC(=O)/C=C/C(C)(F)F)C2)c1. The van der Waals surface area contributed by atoms with Crippen LogP contribution in [0.25, 0.3) is 0 Å². The predicted octanol–water partition coefficient (Wildman–Crippen LogP) is 2.30. The van der Waals surface area contributed by atoms with Gasteiger partial charge in [-0.05, 0) is 31.1 Å². The van der Waals surface area contributed by atoms with E-state index in [-0.39, 0.29) is 6.04 Å². The highest BCUT2D eigenvalue weighted by atomic mass is 19.3. The third-order valence-electron chi connectivity index (χ3n) is 3.29. The lowest BCUT2D eigenvalue weighted by atomic mass is 10.2. The van der Waals surface area contributed by atoms with Crippen LogP contribution in [0.15, 0.2) is 30.6 Å². The van der Waals surface area contributed by atoms with Gasteiger partial charge in [-0.2, -0.15) is 0 Å². The molecule has 2 heterocycles. The smallest absolute Gasteiger partial charge is 0.264 e. The Bertz CT molecular complexity index is 540. The molecule has 1 N–H and O–H groups in total. The molecule has 1 aliphatic heterocycles. The summed E-state index contributed by atoms with van der Waals surface area (Å²) in [5.74, 6) is -3.45. The number of carbonyl (C=O) groups excluding carboxylic acids is 1. The number of alkyl halides is 2. The molecule has 1 fully saturated rings. The average molecular weight is 295 g/mol. The number of hydrogen-bond acceptors (Lipinski definition) is 3. The molecular formula is C15H19F2N3O. The molecule has 0 spiro atoms. The Morgan fingerprint density at radius 2 is 2.29 bits per heavy atom. The molecule has 1 aromatic heterocycles. The van der Waals surface area contributed by atoms with Crippen molar-refractivity contribution < 1.29 is 13.6 Å². The zero-order valence-electron chi connectivity index (χ0n) is 12.1. The Balaban J connectivity index is 1.88. The van der Waals surface area contributed by atoms with Gasteiger partial charge in [0.05, 0.1) is 11.9 Å². The number of amides is 1. The van der Waals surface area contributed by atoms with Gasteiger partial charge < -0.3 is 10.2 Å². The maximum Gasteiger partial charge on any atom is 0.264 e. The fourth-order valence-corrected chi connectivity index (χ4v) is 2.30. The van der Waals surface area contributed by atoms with Crippen LogP contribution in [-0.4, -0.2) is 35.9 Å². The molecule has 0 radical (unpaired) electrons. The first-order valence-corrected chi connectivity index (χ1v) is 6.88. The predicted molar refractivity (Wildman–Crippen MR) is 77.5 cm³/mol. The number of hydrogen-bond donors (Lipinski definition) is 1. The first-order valence-electron chi connectivity index (χ1n) is 6.88. The van der Waals surface area contributed by atoms with Gasteiger partial charge in [0.2, 0.25) is 5.91 Å². The second kappa shape index (κ2) is 6.20. The standard InChI is InChI=1S/C15H19F2N3O/c1-11-7-13(9-18-8-11)20-6-4-12(10-20)19-14(21)3-5-15(2,16)17/h3,5,7-9,12H,4,6,10H2,1-2H3,(H,19,21)/b5-3+/t12-/m0/s1. The highest BCUT2D eigenvalue weighted by Gasteiger charge is 2.24. The quantitative estimate of drug-likeness (QED) is 0.867. The summed E-state index contributed by atoms with van der Waals surface area (Å²) in [4.78, 5) is 17.9. The third kappa shape index (κ3) is 4.81. The zero-order valence-corrected chi connectivity index (χ0v) is 12.1. The normalized spacial score (nSPS) is 19.2. The van der Waals surface area contributed by atoms with E-state index >= 15 is 0 Å². The van der Waals surface area contributed by atoms with Crippen molar-refractivity contribution in [3.8, 4) is 0 Å². The number of allylic oxidation sites excluding steroid dienone is 1. The van der Waals surface area contributed by atoms with Crippen LogP contribution in [-0.2, 0) is 4.79 Å². The molecule has 0 aliphatic carbocycles. The van der Waals surface area contributed by atoms with Crippen LogP contribution in [0.4, 0.5) is 14.5 Å². The summed E-state index contributed by atoms with van der Waals surface area (Å²) in [6.07, 6.45) is 5.87. The van der Waals surface area contributed by atoms with Crippen molar-refractivity contribution in [1.82, 2.24) is 10.3 Å². The number of pyridine rings is 1. The summed E-state index contributed by atoms with van der Waals surface area (Å²) in [5.41, 5.74) is 2.09. The number of aromatic nitrogens is 1. The van der Waals surface area contributed by atoms with Crippen LogP contribution in [0, 0.1) is 6.92 Å². The van der Waals surface area contributed by atoms with Crippen molar-refractivity contribution in [2.24, 2.45) is 0 Å². The molecule has 0 unspecified atom stereocenters. The molecular weight excluding hydrogens is 276 g/mol. The molecule has 1 saturated heterocycles. The highest BCUT2D eigenvalue weighted by molar-refractivity contribution is 5.87. The van der Waals surface area contributed by atoms with E-state index in [0.717, 1.165) is 37.2 Å². The van der Waals surface area contributed by atoms with Crippen molar-refractivity contribution in [2.75, 3.05) is 18.0 Å². The van der Waals surface area contributed by atoms with Gasteiger partial charge in [-0.3, -0.25) is 9.78 Å². The van der Waals surface area contributed by atoms with E-state index in [4.69, 9.17) is 0 Å². The number of carbonyl (C=O) groups is 1. The first kappa shape index (κ1) is 15.4. The van der Waals surface area contributed by atoms with E-state index < -0.39 is 11.8 Å². The molecule has 4 nitrogen and oxygen atoms in total. The van der Waals surface area contributed by atoms with Gasteiger partial charge in [-0.15, -0.1) is 0 Å². The van der Waals surface area contributed by atoms with E-state index in [1.807, 2.05) is 13.0 Å². The summed E-state index contributed by atoms with van der Waals surface area (Å²) in [7, 11) is 0. The number of anilines is 1. The van der Waals surface area contributed by atoms with Crippen LogP contribution in [0.3, 0.4) is 0 Å². The molecule has 1 aliphatic rings. The van der Waals surface area contributed by atoms with Crippen molar-refractivity contribution >= 4 is 11.6 Å². The molecule has 0 bridgehead atoms. The number of halogens is 2. The third-order valence-corrected chi connectivity index (χ3v) is 3.29. The molecule has 6 heteroatoms. The van der Waals surface area contributed by atoms with E-state index in [9.17, 15) is 13.6 Å². The lowest BCUT2D eigenvalue weighted by Gasteiger charge is -2.18. The molecule has 1 atom stereocenters. The van der Waals surface area contributed by atoms with Crippen LogP contribution in [0.1, 0.15) is 18.9 Å². The molecule has 114 valence electrons. The molecule has 21 heavy (non-hydrogen) atoms. The highest BCUT2D eigenvalue weighted by Crippen LogP contribution is 2.20. The maximum atomic E-state index is 12.6. The van der Waals surface area contributed by atoms with Gasteiger partial charge in [-0.1, -0.05) is 0 Å². The maximum absolute atomic E-state index is 12.6. The van der Waals surface area contributed by atoms with E-state index in [1.165, 1.54) is 0 Å². The van der Waals surface area contributed by atoms with Gasteiger partial charge >= 0.3 is 0 Å². The van der Waals surface area contributed by atoms with E-state index in [0.29, 0.717) is 12.6 Å². The fraction of sp³-hybridized carbons (Fsp3) is 0.467. The number of nitrogens with one attached hydrogen (secondary N) is 1. The average Bonchev–Trinajstić information content (AvgIpc) is 2.84. The van der Waals surface area contributed by atoms with Gasteiger partial charge in [0.15, 0.2) is 0 Å². The number of aryl methyl sites for hydroxylation is 1. The molecule has 2 rings (SSSR count). The second-order valence-corrected chi connectivity index (χ2v) is 5.45. The first-order chi connectivity index (χ1) is 9.83. The summed E-state index contributed by atoms with van der Waals surface area (Å²) < 4.78 is 25.3.